The predicted octanol–water partition coefficient (Wildman–Crippen LogP) is 3.33. The van der Waals surface area contributed by atoms with E-state index in [-0.39, 0.29) is 12.6 Å². The average Bonchev–Trinajstić information content (AvgIpc) is 3.32. The molecule has 4 heteroatoms. The summed E-state index contributed by atoms with van der Waals surface area (Å²) in [6, 6.07) is 7.10. The van der Waals surface area contributed by atoms with Crippen molar-refractivity contribution in [1.29, 1.82) is 0 Å². The number of hydrogen-bond donors (Lipinski definition) is 2. The summed E-state index contributed by atoms with van der Waals surface area (Å²) in [5.74, 6) is 0. The van der Waals surface area contributed by atoms with Gasteiger partial charge < -0.3 is 15.3 Å². The summed E-state index contributed by atoms with van der Waals surface area (Å²) in [5.41, 5.74) is 2.50. The summed E-state index contributed by atoms with van der Waals surface area (Å²) >= 11 is 6.19. The van der Waals surface area contributed by atoms with Gasteiger partial charge >= 0.3 is 0 Å². The number of nitrogens with zero attached hydrogens (tertiary/aromatic N) is 1. The molecule has 1 saturated heterocycles. The fourth-order valence-corrected chi connectivity index (χ4v) is 3.40. The molecule has 3 rings (SSSR count). The van der Waals surface area contributed by atoms with Crippen LogP contribution in [0.25, 0.3) is 0 Å². The second-order valence-electron chi connectivity index (χ2n) is 6.31. The molecule has 1 saturated carbocycles. The molecule has 2 fully saturated rings. The monoisotopic (exact) mass is 308 g/mol. The normalized spacial score (nSPS) is 23.1. The van der Waals surface area contributed by atoms with Gasteiger partial charge in [0.15, 0.2) is 0 Å². The molecule has 1 unspecified atom stereocenters. The van der Waals surface area contributed by atoms with Crippen LogP contribution in [-0.2, 0) is 6.54 Å². The van der Waals surface area contributed by atoms with Crippen LogP contribution in [0.2, 0.25) is 5.02 Å². The lowest BCUT2D eigenvalue weighted by atomic mass is 10.1. The Bertz CT molecular complexity index is 476. The number of hydrogen-bond acceptors (Lipinski definition) is 3. The Morgan fingerprint density at radius 1 is 1.19 bits per heavy atom. The Kier molecular flexibility index (Phi) is 5.04. The van der Waals surface area contributed by atoms with Crippen LogP contribution in [0.1, 0.15) is 44.1 Å². The van der Waals surface area contributed by atoms with Crippen molar-refractivity contribution >= 4 is 17.3 Å². The molecular formula is C17H25ClN2O. The van der Waals surface area contributed by atoms with Gasteiger partial charge in [0.1, 0.15) is 0 Å². The van der Waals surface area contributed by atoms with Gasteiger partial charge in [0.05, 0.1) is 12.6 Å². The molecule has 0 amide bonds. The first-order valence-corrected chi connectivity index (χ1v) is 8.55. The maximum atomic E-state index is 9.74. The molecule has 2 N–H and O–H groups in total. The van der Waals surface area contributed by atoms with Crippen LogP contribution in [0.4, 0.5) is 5.69 Å². The van der Waals surface area contributed by atoms with E-state index in [2.05, 4.69) is 22.3 Å². The summed E-state index contributed by atoms with van der Waals surface area (Å²) in [6.07, 6.45) is 7.34. The highest BCUT2D eigenvalue weighted by Gasteiger charge is 2.24. The summed E-state index contributed by atoms with van der Waals surface area (Å²) in [4.78, 5) is 2.40. The van der Waals surface area contributed by atoms with Crippen molar-refractivity contribution in [3.05, 3.63) is 28.8 Å². The number of anilines is 1. The van der Waals surface area contributed by atoms with E-state index >= 15 is 0 Å². The summed E-state index contributed by atoms with van der Waals surface area (Å²) in [5, 5.41) is 14.1. The summed E-state index contributed by atoms with van der Waals surface area (Å²) in [6.45, 7) is 2.14. The van der Waals surface area contributed by atoms with Gasteiger partial charge in [-0.1, -0.05) is 24.4 Å². The van der Waals surface area contributed by atoms with Crippen molar-refractivity contribution in [2.75, 3.05) is 18.1 Å². The van der Waals surface area contributed by atoms with Gasteiger partial charge in [-0.3, -0.25) is 0 Å². The number of aliphatic hydroxyl groups excluding tert-OH is 1. The fourth-order valence-electron chi connectivity index (χ4n) is 3.20. The molecule has 1 atom stereocenters. The summed E-state index contributed by atoms with van der Waals surface area (Å²) in [7, 11) is 0. The van der Waals surface area contributed by atoms with Crippen LogP contribution in [0.5, 0.6) is 0 Å². The van der Waals surface area contributed by atoms with Crippen LogP contribution in [-0.4, -0.2) is 30.3 Å². The lowest BCUT2D eigenvalue weighted by Gasteiger charge is -2.32. The van der Waals surface area contributed by atoms with Crippen molar-refractivity contribution < 1.29 is 5.11 Å². The topological polar surface area (TPSA) is 35.5 Å². The van der Waals surface area contributed by atoms with Crippen LogP contribution in [0.3, 0.4) is 0 Å². The van der Waals surface area contributed by atoms with E-state index in [9.17, 15) is 5.11 Å². The molecule has 0 spiro atoms. The standard InChI is InChI=1S/C17H25ClN2O/c18-14-5-8-17(13(10-14)11-19-15-6-7-15)20-9-3-1-2-4-16(20)12-21/h5,8,10,15-16,19,21H,1-4,6-7,9,11-12H2. The van der Waals surface area contributed by atoms with Crippen LogP contribution < -0.4 is 10.2 Å². The second kappa shape index (κ2) is 6.99. The maximum absolute atomic E-state index is 9.74. The van der Waals surface area contributed by atoms with Gasteiger partial charge in [-0.25, -0.2) is 0 Å². The Morgan fingerprint density at radius 2 is 2.05 bits per heavy atom. The number of rotatable bonds is 5. The van der Waals surface area contributed by atoms with Gasteiger partial charge in [0.25, 0.3) is 0 Å². The molecule has 0 radical (unpaired) electrons. The zero-order valence-corrected chi connectivity index (χ0v) is 13.3. The highest BCUT2D eigenvalue weighted by atomic mass is 35.5. The highest BCUT2D eigenvalue weighted by molar-refractivity contribution is 6.30. The molecule has 1 heterocycles. The predicted molar refractivity (Wildman–Crippen MR) is 88.0 cm³/mol. The van der Waals surface area contributed by atoms with Crippen molar-refractivity contribution in [1.82, 2.24) is 5.32 Å². The lowest BCUT2D eigenvalue weighted by molar-refractivity contribution is 0.255. The van der Waals surface area contributed by atoms with Crippen LogP contribution >= 0.6 is 11.6 Å². The van der Waals surface area contributed by atoms with Gasteiger partial charge in [-0.15, -0.1) is 0 Å². The SMILES string of the molecule is OCC1CCCCCN1c1ccc(Cl)cc1CNC1CC1. The number of halogens is 1. The first-order chi connectivity index (χ1) is 10.3. The second-order valence-corrected chi connectivity index (χ2v) is 6.74. The number of benzene rings is 1. The van der Waals surface area contributed by atoms with E-state index in [0.717, 1.165) is 24.5 Å². The Balaban J connectivity index is 1.83. The average molecular weight is 309 g/mol. The summed E-state index contributed by atoms with van der Waals surface area (Å²) < 4.78 is 0. The van der Waals surface area contributed by atoms with E-state index < -0.39 is 0 Å². The Hall–Kier alpha value is -0.770. The van der Waals surface area contributed by atoms with Gasteiger partial charge in [-0.05, 0) is 49.4 Å². The molecule has 3 nitrogen and oxygen atoms in total. The zero-order valence-electron chi connectivity index (χ0n) is 12.5. The number of aliphatic hydroxyl groups is 1. The lowest BCUT2D eigenvalue weighted by Crippen LogP contribution is -2.38. The third-order valence-corrected chi connectivity index (χ3v) is 4.83. The zero-order chi connectivity index (χ0) is 14.7. The van der Waals surface area contributed by atoms with Crippen molar-refractivity contribution in [2.45, 2.75) is 57.2 Å². The molecule has 116 valence electrons. The smallest absolute Gasteiger partial charge is 0.0635 e. The van der Waals surface area contributed by atoms with E-state index in [0.29, 0.717) is 6.04 Å². The number of nitrogens with one attached hydrogen (secondary N) is 1. The molecule has 1 aromatic rings. The van der Waals surface area contributed by atoms with Crippen molar-refractivity contribution in [3.63, 3.8) is 0 Å². The Morgan fingerprint density at radius 3 is 2.81 bits per heavy atom. The molecular weight excluding hydrogens is 284 g/mol. The van der Waals surface area contributed by atoms with Crippen LogP contribution in [0.15, 0.2) is 18.2 Å². The maximum Gasteiger partial charge on any atom is 0.0635 e. The van der Waals surface area contributed by atoms with Gasteiger partial charge in [-0.2, -0.15) is 0 Å². The fraction of sp³-hybridized carbons (Fsp3) is 0.647. The molecule has 1 aliphatic carbocycles. The minimum Gasteiger partial charge on any atom is -0.394 e. The van der Waals surface area contributed by atoms with E-state index in [1.54, 1.807) is 0 Å². The largest absolute Gasteiger partial charge is 0.394 e. The third kappa shape index (κ3) is 3.91. The van der Waals surface area contributed by atoms with Gasteiger partial charge in [0.2, 0.25) is 0 Å². The molecule has 0 bridgehead atoms. The van der Waals surface area contributed by atoms with E-state index in [1.165, 1.54) is 43.4 Å². The minimum absolute atomic E-state index is 0.234. The van der Waals surface area contributed by atoms with Crippen LogP contribution in [0, 0.1) is 0 Å². The Labute approximate surface area is 132 Å². The molecule has 2 aliphatic rings. The van der Waals surface area contributed by atoms with Gasteiger partial charge in [0, 0.05) is 29.8 Å². The highest BCUT2D eigenvalue weighted by Crippen LogP contribution is 2.30. The molecule has 1 aromatic carbocycles. The quantitative estimate of drug-likeness (QED) is 0.876. The van der Waals surface area contributed by atoms with Crippen molar-refractivity contribution in [3.8, 4) is 0 Å². The first-order valence-electron chi connectivity index (χ1n) is 8.17. The van der Waals surface area contributed by atoms with Crippen molar-refractivity contribution in [2.24, 2.45) is 0 Å². The molecule has 21 heavy (non-hydrogen) atoms. The van der Waals surface area contributed by atoms with E-state index in [1.807, 2.05) is 6.07 Å². The third-order valence-electron chi connectivity index (χ3n) is 4.60. The molecule has 0 aromatic heterocycles. The first kappa shape index (κ1) is 15.1. The minimum atomic E-state index is 0.234. The van der Waals surface area contributed by atoms with E-state index in [4.69, 9.17) is 11.6 Å². The molecule has 1 aliphatic heterocycles.